The van der Waals surface area contributed by atoms with Crippen LogP contribution in [0.3, 0.4) is 0 Å². The summed E-state index contributed by atoms with van der Waals surface area (Å²) >= 11 is 5.82. The monoisotopic (exact) mass is 270 g/mol. The van der Waals surface area contributed by atoms with E-state index in [-0.39, 0.29) is 5.82 Å². The maximum absolute atomic E-state index is 13.1. The van der Waals surface area contributed by atoms with E-state index < -0.39 is 0 Å². The van der Waals surface area contributed by atoms with Gasteiger partial charge in [0, 0.05) is 18.1 Å². The summed E-state index contributed by atoms with van der Waals surface area (Å²) in [6.45, 7) is 7.38. The standard InChI is InChI=1S/C14H20ClFN2/c1-2-18-4-3-11(10-18)8-17-9-12-5-13(15)7-14(16)6-12/h5-7,11,17H,2-4,8-10H2,1H3. The van der Waals surface area contributed by atoms with Gasteiger partial charge in [-0.1, -0.05) is 18.5 Å². The Kier molecular flexibility index (Phi) is 4.98. The highest BCUT2D eigenvalue weighted by atomic mass is 35.5. The van der Waals surface area contributed by atoms with Gasteiger partial charge < -0.3 is 10.2 Å². The first-order valence-corrected chi connectivity index (χ1v) is 6.93. The average Bonchev–Trinajstić information content (AvgIpc) is 2.76. The zero-order valence-corrected chi connectivity index (χ0v) is 11.5. The molecule has 1 fully saturated rings. The number of hydrogen-bond donors (Lipinski definition) is 1. The molecule has 0 aromatic heterocycles. The highest BCUT2D eigenvalue weighted by molar-refractivity contribution is 6.30. The van der Waals surface area contributed by atoms with E-state index in [1.54, 1.807) is 0 Å². The molecule has 1 heterocycles. The van der Waals surface area contributed by atoms with E-state index in [1.807, 2.05) is 6.07 Å². The normalized spacial score (nSPS) is 20.5. The molecule has 0 amide bonds. The van der Waals surface area contributed by atoms with E-state index in [1.165, 1.54) is 31.6 Å². The smallest absolute Gasteiger partial charge is 0.125 e. The molecule has 18 heavy (non-hydrogen) atoms. The van der Waals surface area contributed by atoms with Crippen molar-refractivity contribution in [3.05, 3.63) is 34.6 Å². The molecule has 0 spiro atoms. The first kappa shape index (κ1) is 13.8. The van der Waals surface area contributed by atoms with Gasteiger partial charge in [-0.25, -0.2) is 4.39 Å². The summed E-state index contributed by atoms with van der Waals surface area (Å²) in [4.78, 5) is 2.46. The Morgan fingerprint density at radius 3 is 2.94 bits per heavy atom. The third-order valence-electron chi connectivity index (χ3n) is 3.50. The first-order valence-electron chi connectivity index (χ1n) is 6.55. The highest BCUT2D eigenvalue weighted by Gasteiger charge is 2.20. The van der Waals surface area contributed by atoms with E-state index in [4.69, 9.17) is 11.6 Å². The predicted octanol–water partition coefficient (Wildman–Crippen LogP) is 2.91. The van der Waals surface area contributed by atoms with Gasteiger partial charge in [0.1, 0.15) is 5.82 Å². The maximum Gasteiger partial charge on any atom is 0.125 e. The zero-order chi connectivity index (χ0) is 13.0. The van der Waals surface area contributed by atoms with Crippen LogP contribution in [0.15, 0.2) is 18.2 Å². The van der Waals surface area contributed by atoms with Crippen LogP contribution in [0, 0.1) is 11.7 Å². The predicted molar refractivity (Wildman–Crippen MR) is 73.3 cm³/mol. The van der Waals surface area contributed by atoms with E-state index in [9.17, 15) is 4.39 Å². The second kappa shape index (κ2) is 6.50. The van der Waals surface area contributed by atoms with Gasteiger partial charge in [-0.3, -0.25) is 0 Å². The molecule has 1 aliphatic heterocycles. The van der Waals surface area contributed by atoms with Crippen LogP contribution in [-0.4, -0.2) is 31.1 Å². The number of hydrogen-bond acceptors (Lipinski definition) is 2. The number of nitrogens with one attached hydrogen (secondary N) is 1. The number of likely N-dealkylation sites (tertiary alicyclic amines) is 1. The Hall–Kier alpha value is -0.640. The minimum atomic E-state index is -0.266. The molecule has 0 saturated carbocycles. The first-order chi connectivity index (χ1) is 8.67. The van der Waals surface area contributed by atoms with Gasteiger partial charge in [-0.05, 0) is 55.7 Å². The number of benzene rings is 1. The Morgan fingerprint density at radius 2 is 2.28 bits per heavy atom. The lowest BCUT2D eigenvalue weighted by atomic mass is 10.1. The molecule has 1 unspecified atom stereocenters. The van der Waals surface area contributed by atoms with Crippen molar-refractivity contribution in [3.8, 4) is 0 Å². The minimum Gasteiger partial charge on any atom is -0.312 e. The Morgan fingerprint density at radius 1 is 1.44 bits per heavy atom. The topological polar surface area (TPSA) is 15.3 Å². The van der Waals surface area contributed by atoms with Crippen molar-refractivity contribution in [2.75, 3.05) is 26.2 Å². The van der Waals surface area contributed by atoms with Crippen molar-refractivity contribution in [1.82, 2.24) is 10.2 Å². The molecular formula is C14H20ClFN2. The molecule has 0 aliphatic carbocycles. The van der Waals surface area contributed by atoms with E-state index in [0.717, 1.165) is 18.7 Å². The van der Waals surface area contributed by atoms with Gasteiger partial charge in [0.25, 0.3) is 0 Å². The summed E-state index contributed by atoms with van der Waals surface area (Å²) in [5.41, 5.74) is 0.908. The summed E-state index contributed by atoms with van der Waals surface area (Å²) < 4.78 is 13.1. The molecule has 0 radical (unpaired) electrons. The van der Waals surface area contributed by atoms with Crippen molar-refractivity contribution < 1.29 is 4.39 Å². The fourth-order valence-corrected chi connectivity index (χ4v) is 2.74. The summed E-state index contributed by atoms with van der Waals surface area (Å²) in [7, 11) is 0. The van der Waals surface area contributed by atoms with Crippen molar-refractivity contribution in [1.29, 1.82) is 0 Å². The quantitative estimate of drug-likeness (QED) is 0.885. The van der Waals surface area contributed by atoms with Crippen LogP contribution < -0.4 is 5.32 Å². The van der Waals surface area contributed by atoms with Crippen molar-refractivity contribution >= 4 is 11.6 Å². The van der Waals surface area contributed by atoms with Gasteiger partial charge in [0.2, 0.25) is 0 Å². The Balaban J connectivity index is 1.75. The molecule has 1 aromatic rings. The maximum atomic E-state index is 13.1. The van der Waals surface area contributed by atoms with Crippen molar-refractivity contribution in [3.63, 3.8) is 0 Å². The molecule has 100 valence electrons. The van der Waals surface area contributed by atoms with E-state index in [0.29, 0.717) is 17.5 Å². The molecule has 1 atom stereocenters. The lowest BCUT2D eigenvalue weighted by Crippen LogP contribution is -2.26. The van der Waals surface area contributed by atoms with Crippen LogP contribution in [0.25, 0.3) is 0 Å². The van der Waals surface area contributed by atoms with Crippen LogP contribution in [-0.2, 0) is 6.54 Å². The number of nitrogens with zero attached hydrogens (tertiary/aromatic N) is 1. The SMILES string of the molecule is CCN1CCC(CNCc2cc(F)cc(Cl)c2)C1. The third-order valence-corrected chi connectivity index (χ3v) is 3.72. The molecule has 2 rings (SSSR count). The summed E-state index contributed by atoms with van der Waals surface area (Å²) in [5.74, 6) is 0.450. The summed E-state index contributed by atoms with van der Waals surface area (Å²) in [6, 6.07) is 4.68. The van der Waals surface area contributed by atoms with Crippen LogP contribution in [0.4, 0.5) is 4.39 Å². The summed E-state index contributed by atoms with van der Waals surface area (Å²) in [6.07, 6.45) is 1.25. The third kappa shape index (κ3) is 3.94. The molecule has 4 heteroatoms. The van der Waals surface area contributed by atoms with Crippen LogP contribution >= 0.6 is 11.6 Å². The summed E-state index contributed by atoms with van der Waals surface area (Å²) in [5, 5.41) is 3.85. The van der Waals surface area contributed by atoms with Gasteiger partial charge in [-0.15, -0.1) is 0 Å². The molecule has 0 bridgehead atoms. The molecule has 1 N–H and O–H groups in total. The lowest BCUT2D eigenvalue weighted by molar-refractivity contribution is 0.339. The molecular weight excluding hydrogens is 251 g/mol. The fraction of sp³-hybridized carbons (Fsp3) is 0.571. The fourth-order valence-electron chi connectivity index (χ4n) is 2.50. The van der Waals surface area contributed by atoms with Gasteiger partial charge >= 0.3 is 0 Å². The lowest BCUT2D eigenvalue weighted by Gasteiger charge is -2.13. The number of halogens is 2. The second-order valence-corrected chi connectivity index (χ2v) is 5.39. The van der Waals surface area contributed by atoms with Crippen molar-refractivity contribution in [2.24, 2.45) is 5.92 Å². The van der Waals surface area contributed by atoms with Gasteiger partial charge in [0.15, 0.2) is 0 Å². The van der Waals surface area contributed by atoms with Crippen LogP contribution in [0.1, 0.15) is 18.9 Å². The molecule has 1 aromatic carbocycles. The van der Waals surface area contributed by atoms with Gasteiger partial charge in [-0.2, -0.15) is 0 Å². The van der Waals surface area contributed by atoms with Crippen molar-refractivity contribution in [2.45, 2.75) is 19.9 Å². The largest absolute Gasteiger partial charge is 0.312 e. The van der Waals surface area contributed by atoms with E-state index in [2.05, 4.69) is 17.1 Å². The second-order valence-electron chi connectivity index (χ2n) is 4.96. The highest BCUT2D eigenvalue weighted by Crippen LogP contribution is 2.16. The van der Waals surface area contributed by atoms with Gasteiger partial charge in [0.05, 0.1) is 0 Å². The Labute approximate surface area is 113 Å². The van der Waals surface area contributed by atoms with Crippen LogP contribution in [0.5, 0.6) is 0 Å². The Bertz CT molecular complexity index is 377. The zero-order valence-electron chi connectivity index (χ0n) is 10.8. The number of rotatable bonds is 5. The molecule has 1 saturated heterocycles. The molecule has 2 nitrogen and oxygen atoms in total. The minimum absolute atomic E-state index is 0.266. The average molecular weight is 271 g/mol. The van der Waals surface area contributed by atoms with Crippen LogP contribution in [0.2, 0.25) is 5.02 Å². The van der Waals surface area contributed by atoms with E-state index >= 15 is 0 Å². The molecule has 1 aliphatic rings.